The fourth-order valence-electron chi connectivity index (χ4n) is 2.28. The summed E-state index contributed by atoms with van der Waals surface area (Å²) in [5, 5.41) is 12.8. The lowest BCUT2D eigenvalue weighted by atomic mass is 9.87. The molecular formula is C12H14ClNO2. The zero-order chi connectivity index (χ0) is 11.7. The predicted octanol–water partition coefficient (Wildman–Crippen LogP) is 2.96. The smallest absolute Gasteiger partial charge is 0.303 e. The van der Waals surface area contributed by atoms with Crippen molar-refractivity contribution in [1.82, 2.24) is 0 Å². The van der Waals surface area contributed by atoms with E-state index in [2.05, 4.69) is 5.32 Å². The van der Waals surface area contributed by atoms with E-state index in [-0.39, 0.29) is 18.3 Å². The highest BCUT2D eigenvalue weighted by Crippen LogP contribution is 2.41. The quantitative estimate of drug-likeness (QED) is 0.853. The molecule has 0 aromatic heterocycles. The van der Waals surface area contributed by atoms with Gasteiger partial charge in [-0.15, -0.1) is 0 Å². The molecule has 0 saturated carbocycles. The van der Waals surface area contributed by atoms with Gasteiger partial charge in [0.25, 0.3) is 0 Å². The predicted molar refractivity (Wildman–Crippen MR) is 64.1 cm³/mol. The lowest BCUT2D eigenvalue weighted by Gasteiger charge is -2.17. The van der Waals surface area contributed by atoms with Crippen LogP contribution in [0, 0.1) is 5.92 Å². The molecule has 0 aliphatic carbocycles. The summed E-state index contributed by atoms with van der Waals surface area (Å²) in [6.45, 7) is 2.74. The normalized spacial score (nSPS) is 20.0. The average Bonchev–Trinajstić information content (AvgIpc) is 2.61. The van der Waals surface area contributed by atoms with Gasteiger partial charge in [0.15, 0.2) is 0 Å². The molecule has 1 aromatic rings. The number of carboxylic acids is 1. The standard InChI is InChI=1S/C12H14ClNO2/c1-7(5-11(15)16)9-6-14-12-8(9)3-2-4-10(12)13/h2-4,7,9,14H,5-6H2,1H3,(H,15,16). The zero-order valence-electron chi connectivity index (χ0n) is 9.03. The molecule has 0 fully saturated rings. The summed E-state index contributed by atoms with van der Waals surface area (Å²) >= 11 is 6.07. The first kappa shape index (κ1) is 11.3. The van der Waals surface area contributed by atoms with Gasteiger partial charge in [-0.1, -0.05) is 30.7 Å². The number of fused-ring (bicyclic) bond motifs is 1. The van der Waals surface area contributed by atoms with Gasteiger partial charge in [-0.2, -0.15) is 0 Å². The van der Waals surface area contributed by atoms with Crippen LogP contribution in [0.4, 0.5) is 5.69 Å². The molecular weight excluding hydrogens is 226 g/mol. The Morgan fingerprint density at radius 2 is 2.44 bits per heavy atom. The van der Waals surface area contributed by atoms with Crippen LogP contribution in [0.1, 0.15) is 24.8 Å². The third-order valence-electron chi connectivity index (χ3n) is 3.13. The van der Waals surface area contributed by atoms with E-state index in [0.29, 0.717) is 5.02 Å². The van der Waals surface area contributed by atoms with Crippen LogP contribution in [0.15, 0.2) is 18.2 Å². The highest BCUT2D eigenvalue weighted by molar-refractivity contribution is 6.33. The summed E-state index contributed by atoms with van der Waals surface area (Å²) in [4.78, 5) is 10.7. The molecule has 1 aliphatic rings. The second-order valence-corrected chi connectivity index (χ2v) is 4.67. The zero-order valence-corrected chi connectivity index (χ0v) is 9.79. The van der Waals surface area contributed by atoms with Crippen LogP contribution in [0.5, 0.6) is 0 Å². The van der Waals surface area contributed by atoms with Gasteiger partial charge in [0.1, 0.15) is 0 Å². The molecule has 3 nitrogen and oxygen atoms in total. The number of rotatable bonds is 3. The summed E-state index contributed by atoms with van der Waals surface area (Å²) in [7, 11) is 0. The number of benzene rings is 1. The highest BCUT2D eigenvalue weighted by atomic mass is 35.5. The molecule has 86 valence electrons. The molecule has 0 saturated heterocycles. The Kier molecular flexibility index (Phi) is 3.06. The fourth-order valence-corrected chi connectivity index (χ4v) is 2.53. The van der Waals surface area contributed by atoms with Crippen LogP contribution < -0.4 is 5.32 Å². The van der Waals surface area contributed by atoms with E-state index >= 15 is 0 Å². The molecule has 1 heterocycles. The van der Waals surface area contributed by atoms with E-state index < -0.39 is 5.97 Å². The second kappa shape index (κ2) is 4.34. The van der Waals surface area contributed by atoms with Crippen LogP contribution in [0.25, 0.3) is 0 Å². The summed E-state index contributed by atoms with van der Waals surface area (Å²) in [6, 6.07) is 5.77. The summed E-state index contributed by atoms with van der Waals surface area (Å²) in [6.07, 6.45) is 0.193. The molecule has 2 unspecified atom stereocenters. The number of hydrogen-bond donors (Lipinski definition) is 2. The molecule has 1 aliphatic heterocycles. The largest absolute Gasteiger partial charge is 0.481 e. The highest BCUT2D eigenvalue weighted by Gasteiger charge is 2.29. The van der Waals surface area contributed by atoms with Crippen molar-refractivity contribution in [3.8, 4) is 0 Å². The van der Waals surface area contributed by atoms with Crippen LogP contribution in [-0.2, 0) is 4.79 Å². The first-order valence-electron chi connectivity index (χ1n) is 5.33. The van der Waals surface area contributed by atoms with Gasteiger partial charge in [0, 0.05) is 18.9 Å². The van der Waals surface area contributed by atoms with Gasteiger partial charge in [0.2, 0.25) is 0 Å². The topological polar surface area (TPSA) is 49.3 Å². The third-order valence-corrected chi connectivity index (χ3v) is 3.44. The van der Waals surface area contributed by atoms with Crippen molar-refractivity contribution in [1.29, 1.82) is 0 Å². The van der Waals surface area contributed by atoms with Gasteiger partial charge >= 0.3 is 5.97 Å². The number of carboxylic acid groups (broad SMARTS) is 1. The van der Waals surface area contributed by atoms with Crippen molar-refractivity contribution in [2.24, 2.45) is 5.92 Å². The minimum atomic E-state index is -0.747. The monoisotopic (exact) mass is 239 g/mol. The first-order chi connectivity index (χ1) is 7.59. The number of carbonyl (C=O) groups is 1. The number of halogens is 1. The summed E-state index contributed by atoms with van der Waals surface area (Å²) in [5.74, 6) is -0.391. The minimum absolute atomic E-state index is 0.115. The third kappa shape index (κ3) is 2.00. The minimum Gasteiger partial charge on any atom is -0.481 e. The SMILES string of the molecule is CC(CC(=O)O)C1CNc2c(Cl)cccc21. The summed E-state index contributed by atoms with van der Waals surface area (Å²) < 4.78 is 0. The van der Waals surface area contributed by atoms with Crippen LogP contribution in [-0.4, -0.2) is 17.6 Å². The van der Waals surface area contributed by atoms with E-state index in [9.17, 15) is 4.79 Å². The molecule has 2 N–H and O–H groups in total. The maximum atomic E-state index is 10.7. The molecule has 0 amide bonds. The maximum Gasteiger partial charge on any atom is 0.303 e. The van der Waals surface area contributed by atoms with Gasteiger partial charge in [0.05, 0.1) is 10.7 Å². The van der Waals surface area contributed by atoms with Crippen molar-refractivity contribution in [2.75, 3.05) is 11.9 Å². The Morgan fingerprint density at radius 1 is 1.69 bits per heavy atom. The Balaban J connectivity index is 2.23. The van der Waals surface area contributed by atoms with E-state index in [4.69, 9.17) is 16.7 Å². The van der Waals surface area contributed by atoms with Gasteiger partial charge in [-0.25, -0.2) is 0 Å². The molecule has 1 aromatic carbocycles. The Hall–Kier alpha value is -1.22. The lowest BCUT2D eigenvalue weighted by Crippen LogP contribution is -2.15. The van der Waals surface area contributed by atoms with E-state index in [1.54, 1.807) is 0 Å². The maximum absolute atomic E-state index is 10.7. The number of nitrogens with one attached hydrogen (secondary N) is 1. The number of aliphatic carboxylic acids is 1. The Bertz CT molecular complexity index is 419. The molecule has 2 atom stereocenters. The van der Waals surface area contributed by atoms with Crippen molar-refractivity contribution in [2.45, 2.75) is 19.3 Å². The molecule has 0 spiro atoms. The van der Waals surface area contributed by atoms with E-state index in [0.717, 1.165) is 17.8 Å². The van der Waals surface area contributed by atoms with Crippen molar-refractivity contribution < 1.29 is 9.90 Å². The van der Waals surface area contributed by atoms with Crippen molar-refractivity contribution in [3.05, 3.63) is 28.8 Å². The average molecular weight is 240 g/mol. The Morgan fingerprint density at radius 3 is 3.12 bits per heavy atom. The Labute approximate surface area is 99.4 Å². The molecule has 0 bridgehead atoms. The molecule has 2 rings (SSSR count). The van der Waals surface area contributed by atoms with Crippen molar-refractivity contribution in [3.63, 3.8) is 0 Å². The molecule has 0 radical (unpaired) electrons. The summed E-state index contributed by atoms with van der Waals surface area (Å²) in [5.41, 5.74) is 2.10. The lowest BCUT2D eigenvalue weighted by molar-refractivity contribution is -0.138. The van der Waals surface area contributed by atoms with Crippen LogP contribution in [0.2, 0.25) is 5.02 Å². The second-order valence-electron chi connectivity index (χ2n) is 4.27. The molecule has 4 heteroatoms. The van der Waals surface area contributed by atoms with E-state index in [1.807, 2.05) is 25.1 Å². The molecule has 16 heavy (non-hydrogen) atoms. The fraction of sp³-hybridized carbons (Fsp3) is 0.417. The van der Waals surface area contributed by atoms with Crippen LogP contribution >= 0.6 is 11.6 Å². The van der Waals surface area contributed by atoms with Crippen LogP contribution in [0.3, 0.4) is 0 Å². The van der Waals surface area contributed by atoms with Gasteiger partial charge in [-0.3, -0.25) is 4.79 Å². The van der Waals surface area contributed by atoms with Gasteiger partial charge in [-0.05, 0) is 17.5 Å². The van der Waals surface area contributed by atoms with Gasteiger partial charge < -0.3 is 10.4 Å². The number of hydrogen-bond acceptors (Lipinski definition) is 2. The first-order valence-corrected chi connectivity index (χ1v) is 5.71. The number of para-hydroxylation sites is 1. The van der Waals surface area contributed by atoms with Crippen molar-refractivity contribution >= 4 is 23.3 Å². The van der Waals surface area contributed by atoms with E-state index in [1.165, 1.54) is 0 Å². The number of anilines is 1.